The van der Waals surface area contributed by atoms with Crippen molar-refractivity contribution in [3.05, 3.63) is 70.3 Å². The highest BCUT2D eigenvalue weighted by atomic mass is 35.5. The summed E-state index contributed by atoms with van der Waals surface area (Å²) in [6, 6.07) is 13.4. The van der Waals surface area contributed by atoms with Gasteiger partial charge in [-0.15, -0.1) is 5.10 Å². The number of aromatic nitrogens is 5. The molecule has 10 heteroatoms. The van der Waals surface area contributed by atoms with Crippen LogP contribution in [0.2, 0.25) is 5.02 Å². The Morgan fingerprint density at radius 3 is 2.88 bits per heavy atom. The first-order valence-corrected chi connectivity index (χ1v) is 11.3. The van der Waals surface area contributed by atoms with Crippen LogP contribution in [-0.2, 0) is 17.0 Å². The second-order valence-electron chi connectivity index (χ2n) is 7.24. The van der Waals surface area contributed by atoms with Gasteiger partial charge in [0.15, 0.2) is 11.6 Å². The number of hydrogen-bond donors (Lipinski definition) is 2. The summed E-state index contributed by atoms with van der Waals surface area (Å²) < 4.78 is 5.26. The molecular formula is C22H21ClN6O2S. The number of nitrogens with zero attached hydrogens (tertiary/aromatic N) is 4. The SMILES string of the molecule is Cc1cccc(-c2nc(SCc3noc(CCC(=O)Nc4ccc(Cl)cc4C)n3)n[nH]2)c1. The molecule has 4 rings (SSSR count). The van der Waals surface area contributed by atoms with Crippen molar-refractivity contribution < 1.29 is 9.32 Å². The fourth-order valence-electron chi connectivity index (χ4n) is 3.01. The highest BCUT2D eigenvalue weighted by molar-refractivity contribution is 7.98. The van der Waals surface area contributed by atoms with Crippen molar-refractivity contribution in [3.8, 4) is 11.4 Å². The van der Waals surface area contributed by atoms with E-state index < -0.39 is 0 Å². The Kier molecular flexibility index (Phi) is 6.87. The number of hydrogen-bond acceptors (Lipinski definition) is 7. The zero-order valence-electron chi connectivity index (χ0n) is 17.6. The molecule has 2 aromatic heterocycles. The maximum atomic E-state index is 12.2. The number of anilines is 1. The van der Waals surface area contributed by atoms with Gasteiger partial charge in [-0.25, -0.2) is 4.98 Å². The highest BCUT2D eigenvalue weighted by Crippen LogP contribution is 2.22. The lowest BCUT2D eigenvalue weighted by Crippen LogP contribution is -2.13. The van der Waals surface area contributed by atoms with Gasteiger partial charge in [-0.1, -0.05) is 52.3 Å². The van der Waals surface area contributed by atoms with Crippen LogP contribution in [0.1, 0.15) is 29.3 Å². The summed E-state index contributed by atoms with van der Waals surface area (Å²) in [4.78, 5) is 21.1. The van der Waals surface area contributed by atoms with E-state index in [1.54, 1.807) is 18.2 Å². The summed E-state index contributed by atoms with van der Waals surface area (Å²) in [6.45, 7) is 3.92. The zero-order chi connectivity index (χ0) is 22.5. The average molecular weight is 469 g/mol. The van der Waals surface area contributed by atoms with Crippen LogP contribution in [0.25, 0.3) is 11.4 Å². The summed E-state index contributed by atoms with van der Waals surface area (Å²) in [6.07, 6.45) is 0.589. The van der Waals surface area contributed by atoms with Crippen molar-refractivity contribution in [2.75, 3.05) is 5.32 Å². The minimum atomic E-state index is -0.131. The molecule has 0 unspecified atom stereocenters. The third-order valence-corrected chi connectivity index (χ3v) is 5.70. The summed E-state index contributed by atoms with van der Waals surface area (Å²) in [5.74, 6) is 1.99. The van der Waals surface area contributed by atoms with Gasteiger partial charge in [0.05, 0.1) is 5.75 Å². The lowest BCUT2D eigenvalue weighted by Gasteiger charge is -2.07. The summed E-state index contributed by atoms with van der Waals surface area (Å²) in [5.41, 5.74) is 3.78. The molecule has 0 bridgehead atoms. The van der Waals surface area contributed by atoms with Gasteiger partial charge in [-0.3, -0.25) is 9.89 Å². The van der Waals surface area contributed by atoms with Crippen molar-refractivity contribution in [2.45, 2.75) is 37.6 Å². The normalized spacial score (nSPS) is 11.0. The van der Waals surface area contributed by atoms with E-state index >= 15 is 0 Å². The number of carbonyl (C=O) groups excluding carboxylic acids is 1. The molecule has 0 saturated heterocycles. The van der Waals surface area contributed by atoms with E-state index in [2.05, 4.69) is 30.6 Å². The lowest BCUT2D eigenvalue weighted by molar-refractivity contribution is -0.116. The number of carbonyl (C=O) groups is 1. The molecular weight excluding hydrogens is 448 g/mol. The van der Waals surface area contributed by atoms with Crippen LogP contribution in [0, 0.1) is 13.8 Å². The van der Waals surface area contributed by atoms with Crippen molar-refractivity contribution in [1.29, 1.82) is 0 Å². The number of rotatable bonds is 8. The molecule has 0 aliphatic heterocycles. The summed E-state index contributed by atoms with van der Waals surface area (Å²) >= 11 is 7.35. The molecule has 0 atom stereocenters. The molecule has 4 aromatic rings. The van der Waals surface area contributed by atoms with Gasteiger partial charge in [0.1, 0.15) is 0 Å². The van der Waals surface area contributed by atoms with Gasteiger partial charge >= 0.3 is 0 Å². The first-order valence-electron chi connectivity index (χ1n) is 9.96. The minimum absolute atomic E-state index is 0.131. The molecule has 0 fully saturated rings. The average Bonchev–Trinajstić information content (AvgIpc) is 3.42. The predicted octanol–water partition coefficient (Wildman–Crippen LogP) is 4.99. The molecule has 2 N–H and O–H groups in total. The van der Waals surface area contributed by atoms with Gasteiger partial charge in [-0.05, 0) is 43.7 Å². The van der Waals surface area contributed by atoms with Crippen LogP contribution in [-0.4, -0.2) is 31.2 Å². The van der Waals surface area contributed by atoms with Crippen molar-refractivity contribution >= 4 is 35.0 Å². The van der Waals surface area contributed by atoms with E-state index in [0.717, 1.165) is 22.4 Å². The van der Waals surface area contributed by atoms with Crippen LogP contribution in [0.3, 0.4) is 0 Å². The monoisotopic (exact) mass is 468 g/mol. The van der Waals surface area contributed by atoms with Gasteiger partial charge < -0.3 is 9.84 Å². The molecule has 2 aromatic carbocycles. The zero-order valence-corrected chi connectivity index (χ0v) is 19.1. The quantitative estimate of drug-likeness (QED) is 0.350. The van der Waals surface area contributed by atoms with Crippen LogP contribution >= 0.6 is 23.4 Å². The summed E-state index contributed by atoms with van der Waals surface area (Å²) in [7, 11) is 0. The Balaban J connectivity index is 1.26. The van der Waals surface area contributed by atoms with E-state index in [9.17, 15) is 4.79 Å². The largest absolute Gasteiger partial charge is 0.339 e. The fourth-order valence-corrected chi connectivity index (χ4v) is 3.88. The Hall–Kier alpha value is -3.17. The number of benzene rings is 2. The van der Waals surface area contributed by atoms with Crippen LogP contribution in [0.4, 0.5) is 5.69 Å². The number of aromatic amines is 1. The van der Waals surface area contributed by atoms with Crippen LogP contribution < -0.4 is 5.32 Å². The van der Waals surface area contributed by atoms with Gasteiger partial charge in [0.25, 0.3) is 0 Å². The van der Waals surface area contributed by atoms with E-state index in [-0.39, 0.29) is 12.3 Å². The second-order valence-corrected chi connectivity index (χ2v) is 8.62. The Bertz CT molecular complexity index is 1240. The highest BCUT2D eigenvalue weighted by Gasteiger charge is 2.12. The molecule has 164 valence electrons. The first-order chi connectivity index (χ1) is 15.5. The molecule has 0 aliphatic rings. The molecule has 2 heterocycles. The van der Waals surface area contributed by atoms with E-state index in [4.69, 9.17) is 16.1 Å². The van der Waals surface area contributed by atoms with E-state index in [1.165, 1.54) is 11.8 Å². The van der Waals surface area contributed by atoms with Gasteiger partial charge in [0, 0.05) is 29.1 Å². The topological polar surface area (TPSA) is 110 Å². The molecule has 8 nitrogen and oxygen atoms in total. The lowest BCUT2D eigenvalue weighted by atomic mass is 10.1. The van der Waals surface area contributed by atoms with Gasteiger partial charge in [-0.2, -0.15) is 4.98 Å². The Morgan fingerprint density at radius 2 is 2.06 bits per heavy atom. The number of H-pyrrole nitrogens is 1. The third kappa shape index (κ3) is 5.74. The standard InChI is InChI=1S/C22H21ClN6O2S/c1-13-4-3-5-15(10-13)21-26-22(28-27-21)32-12-18-25-20(31-29-18)9-8-19(30)24-17-7-6-16(23)11-14(17)2/h3-7,10-11H,8-9,12H2,1-2H3,(H,24,30)(H,26,27,28). The van der Waals surface area contributed by atoms with E-state index in [1.807, 2.05) is 38.1 Å². The number of amides is 1. The second kappa shape index (κ2) is 9.97. The summed E-state index contributed by atoms with van der Waals surface area (Å²) in [5, 5.41) is 15.3. The number of halogens is 1. The molecule has 0 saturated carbocycles. The molecule has 0 radical (unpaired) electrons. The van der Waals surface area contributed by atoms with Crippen molar-refractivity contribution in [2.24, 2.45) is 0 Å². The third-order valence-electron chi connectivity index (χ3n) is 4.63. The molecule has 32 heavy (non-hydrogen) atoms. The van der Waals surface area contributed by atoms with Gasteiger partial charge in [0.2, 0.25) is 17.0 Å². The first kappa shape index (κ1) is 22.0. The number of nitrogens with one attached hydrogen (secondary N) is 2. The molecule has 1 amide bonds. The smallest absolute Gasteiger partial charge is 0.227 e. The minimum Gasteiger partial charge on any atom is -0.339 e. The van der Waals surface area contributed by atoms with Crippen LogP contribution in [0.5, 0.6) is 0 Å². The maximum absolute atomic E-state index is 12.2. The number of aryl methyl sites for hydroxylation is 3. The van der Waals surface area contributed by atoms with Crippen molar-refractivity contribution in [1.82, 2.24) is 25.3 Å². The van der Waals surface area contributed by atoms with Crippen LogP contribution in [0.15, 0.2) is 52.1 Å². The molecule has 0 spiro atoms. The number of thioether (sulfide) groups is 1. The van der Waals surface area contributed by atoms with E-state index in [0.29, 0.717) is 39.9 Å². The molecule has 0 aliphatic carbocycles. The Labute approximate surface area is 194 Å². The Morgan fingerprint density at radius 1 is 1.19 bits per heavy atom. The predicted molar refractivity (Wildman–Crippen MR) is 124 cm³/mol. The van der Waals surface area contributed by atoms with Crippen molar-refractivity contribution in [3.63, 3.8) is 0 Å². The fraction of sp³-hybridized carbons (Fsp3) is 0.227. The maximum Gasteiger partial charge on any atom is 0.227 e.